The molecule has 8 nitrogen and oxygen atoms in total. The molecule has 0 unspecified atom stereocenters. The third kappa shape index (κ3) is 2.74. The van der Waals surface area contributed by atoms with Gasteiger partial charge in [0.2, 0.25) is 0 Å². The van der Waals surface area contributed by atoms with Crippen LogP contribution in [0.15, 0.2) is 47.4 Å². The van der Waals surface area contributed by atoms with Crippen molar-refractivity contribution in [3.05, 3.63) is 54.1 Å². The Labute approximate surface area is 142 Å². The Morgan fingerprint density at radius 2 is 2.16 bits per heavy atom. The molecule has 0 aliphatic carbocycles. The van der Waals surface area contributed by atoms with Gasteiger partial charge in [0.25, 0.3) is 11.6 Å². The minimum atomic E-state index is -0.259. The van der Waals surface area contributed by atoms with E-state index >= 15 is 0 Å². The van der Waals surface area contributed by atoms with E-state index in [2.05, 4.69) is 25.7 Å². The maximum Gasteiger partial charge on any atom is 0.257 e. The van der Waals surface area contributed by atoms with Gasteiger partial charge in [-0.15, -0.1) is 10.2 Å². The lowest BCUT2D eigenvalue weighted by Gasteiger charge is -2.07. The molecule has 0 saturated carbocycles. The number of anilines is 1. The molecule has 8 heteroatoms. The van der Waals surface area contributed by atoms with Gasteiger partial charge in [-0.05, 0) is 25.1 Å². The van der Waals surface area contributed by atoms with Crippen molar-refractivity contribution in [1.82, 2.24) is 24.9 Å². The Morgan fingerprint density at radius 1 is 1.28 bits per heavy atom. The van der Waals surface area contributed by atoms with E-state index in [1.54, 1.807) is 19.3 Å². The second-order valence-corrected chi connectivity index (χ2v) is 5.65. The van der Waals surface area contributed by atoms with Gasteiger partial charge in [0.15, 0.2) is 5.82 Å². The largest absolute Gasteiger partial charge is 0.336 e. The molecule has 0 atom stereocenters. The molecule has 3 aromatic heterocycles. The van der Waals surface area contributed by atoms with Crippen molar-refractivity contribution in [2.75, 3.05) is 5.32 Å². The number of carbonyl (C=O) groups is 1. The number of nitrogens with one attached hydrogen (secondary N) is 1. The number of benzene rings is 1. The molecule has 0 saturated heterocycles. The summed E-state index contributed by atoms with van der Waals surface area (Å²) in [4.78, 5) is 16.6. The van der Waals surface area contributed by atoms with E-state index in [4.69, 9.17) is 4.52 Å². The summed E-state index contributed by atoms with van der Waals surface area (Å²) in [7, 11) is 1.86. The van der Waals surface area contributed by atoms with E-state index in [1.807, 2.05) is 35.9 Å². The van der Waals surface area contributed by atoms with Crippen LogP contribution >= 0.6 is 0 Å². The quantitative estimate of drug-likeness (QED) is 0.618. The highest BCUT2D eigenvalue weighted by atomic mass is 16.5. The standard InChI is InChI=1S/C17H14N6O2/c1-10-14-7-12(8-18-17(14)25-22-10)16(24)20-13-5-3-4-11(6-13)15-21-19-9-23(15)2/h3-9H,1-2H3,(H,20,24). The highest BCUT2D eigenvalue weighted by molar-refractivity contribution is 6.05. The number of rotatable bonds is 3. The van der Waals surface area contributed by atoms with Gasteiger partial charge >= 0.3 is 0 Å². The minimum Gasteiger partial charge on any atom is -0.336 e. The molecule has 4 aromatic rings. The molecule has 0 aliphatic rings. The van der Waals surface area contributed by atoms with Crippen molar-refractivity contribution >= 4 is 22.7 Å². The van der Waals surface area contributed by atoms with E-state index in [1.165, 1.54) is 6.20 Å². The van der Waals surface area contributed by atoms with Gasteiger partial charge in [-0.25, -0.2) is 4.98 Å². The number of aryl methyl sites for hydroxylation is 2. The van der Waals surface area contributed by atoms with Crippen molar-refractivity contribution in [1.29, 1.82) is 0 Å². The lowest BCUT2D eigenvalue weighted by atomic mass is 10.1. The molecule has 0 aliphatic heterocycles. The highest BCUT2D eigenvalue weighted by Crippen LogP contribution is 2.21. The fraction of sp³-hybridized carbons (Fsp3) is 0.118. The van der Waals surface area contributed by atoms with E-state index < -0.39 is 0 Å². The second kappa shape index (κ2) is 5.82. The second-order valence-electron chi connectivity index (χ2n) is 5.65. The van der Waals surface area contributed by atoms with Crippen molar-refractivity contribution in [3.8, 4) is 11.4 Å². The Hall–Kier alpha value is -3.55. The van der Waals surface area contributed by atoms with Crippen molar-refractivity contribution in [2.45, 2.75) is 6.92 Å². The van der Waals surface area contributed by atoms with E-state index in [9.17, 15) is 4.79 Å². The summed E-state index contributed by atoms with van der Waals surface area (Å²) in [5.74, 6) is 0.462. The summed E-state index contributed by atoms with van der Waals surface area (Å²) in [6, 6.07) is 9.14. The Bertz CT molecular complexity index is 1080. The Morgan fingerprint density at radius 3 is 2.96 bits per heavy atom. The monoisotopic (exact) mass is 334 g/mol. The predicted molar refractivity (Wildman–Crippen MR) is 90.9 cm³/mol. The van der Waals surface area contributed by atoms with E-state index in [0.717, 1.165) is 16.8 Å². The summed E-state index contributed by atoms with van der Waals surface area (Å²) in [5.41, 5.74) is 3.07. The van der Waals surface area contributed by atoms with Gasteiger partial charge in [-0.1, -0.05) is 17.3 Å². The summed E-state index contributed by atoms with van der Waals surface area (Å²) in [6.07, 6.45) is 3.09. The molecule has 0 radical (unpaired) electrons. The molecule has 0 fully saturated rings. The number of hydrogen-bond donors (Lipinski definition) is 1. The van der Waals surface area contributed by atoms with Crippen LogP contribution in [0.4, 0.5) is 5.69 Å². The van der Waals surface area contributed by atoms with Crippen molar-refractivity contribution < 1.29 is 9.32 Å². The Balaban J connectivity index is 1.62. The average Bonchev–Trinajstić information content (AvgIpc) is 3.21. The van der Waals surface area contributed by atoms with Gasteiger partial charge < -0.3 is 14.4 Å². The third-order valence-electron chi connectivity index (χ3n) is 3.86. The number of nitrogens with zero attached hydrogens (tertiary/aromatic N) is 5. The van der Waals surface area contributed by atoms with Gasteiger partial charge in [-0.3, -0.25) is 4.79 Å². The normalized spacial score (nSPS) is 11.0. The number of hydrogen-bond acceptors (Lipinski definition) is 6. The smallest absolute Gasteiger partial charge is 0.257 e. The van der Waals surface area contributed by atoms with Crippen LogP contribution in [0.5, 0.6) is 0 Å². The first-order valence-corrected chi connectivity index (χ1v) is 7.59. The van der Waals surface area contributed by atoms with Crippen LogP contribution in [0.1, 0.15) is 16.1 Å². The predicted octanol–water partition coefficient (Wildman–Crippen LogP) is 2.58. The molecule has 25 heavy (non-hydrogen) atoms. The first-order valence-electron chi connectivity index (χ1n) is 7.59. The van der Waals surface area contributed by atoms with Crippen LogP contribution in [0.25, 0.3) is 22.5 Å². The summed E-state index contributed by atoms with van der Waals surface area (Å²) in [5, 5.41) is 15.4. The molecule has 0 bridgehead atoms. The molecule has 4 rings (SSSR count). The summed E-state index contributed by atoms with van der Waals surface area (Å²) < 4.78 is 6.87. The van der Waals surface area contributed by atoms with E-state index in [-0.39, 0.29) is 5.91 Å². The average molecular weight is 334 g/mol. The van der Waals surface area contributed by atoms with E-state index in [0.29, 0.717) is 22.7 Å². The van der Waals surface area contributed by atoms with Crippen molar-refractivity contribution in [2.24, 2.45) is 7.05 Å². The van der Waals surface area contributed by atoms with Crippen LogP contribution in [-0.4, -0.2) is 30.8 Å². The first-order chi connectivity index (χ1) is 12.1. The SMILES string of the molecule is Cc1noc2ncc(C(=O)Nc3cccc(-c4nncn4C)c3)cc12. The first kappa shape index (κ1) is 15.0. The Kier molecular flexibility index (Phi) is 3.50. The lowest BCUT2D eigenvalue weighted by molar-refractivity contribution is 0.102. The molecule has 1 aromatic carbocycles. The molecule has 124 valence electrons. The zero-order chi connectivity index (χ0) is 17.4. The highest BCUT2D eigenvalue weighted by Gasteiger charge is 2.12. The third-order valence-corrected chi connectivity index (χ3v) is 3.86. The fourth-order valence-electron chi connectivity index (χ4n) is 2.55. The number of pyridine rings is 1. The lowest BCUT2D eigenvalue weighted by Crippen LogP contribution is -2.12. The van der Waals surface area contributed by atoms with Crippen molar-refractivity contribution in [3.63, 3.8) is 0 Å². The minimum absolute atomic E-state index is 0.259. The van der Waals surface area contributed by atoms with Crippen LogP contribution in [0.3, 0.4) is 0 Å². The molecule has 3 heterocycles. The summed E-state index contributed by atoms with van der Waals surface area (Å²) in [6.45, 7) is 1.81. The maximum absolute atomic E-state index is 12.5. The number of carbonyl (C=O) groups excluding carboxylic acids is 1. The molecular weight excluding hydrogens is 320 g/mol. The number of fused-ring (bicyclic) bond motifs is 1. The molecule has 1 N–H and O–H groups in total. The zero-order valence-electron chi connectivity index (χ0n) is 13.6. The van der Waals surface area contributed by atoms with Gasteiger partial charge in [-0.2, -0.15) is 0 Å². The fourth-order valence-corrected chi connectivity index (χ4v) is 2.55. The van der Waals surface area contributed by atoms with Crippen LogP contribution in [-0.2, 0) is 7.05 Å². The molecular formula is C17H14N6O2. The molecule has 1 amide bonds. The zero-order valence-corrected chi connectivity index (χ0v) is 13.6. The maximum atomic E-state index is 12.5. The van der Waals surface area contributed by atoms with Crippen LogP contribution < -0.4 is 5.32 Å². The summed E-state index contributed by atoms with van der Waals surface area (Å²) >= 11 is 0. The molecule has 0 spiro atoms. The van der Waals surface area contributed by atoms with Gasteiger partial charge in [0, 0.05) is 24.5 Å². The number of aromatic nitrogens is 5. The van der Waals surface area contributed by atoms with Gasteiger partial charge in [0.1, 0.15) is 6.33 Å². The van der Waals surface area contributed by atoms with Crippen LogP contribution in [0, 0.1) is 6.92 Å². The van der Waals surface area contributed by atoms with Crippen LogP contribution in [0.2, 0.25) is 0 Å². The topological polar surface area (TPSA) is 98.7 Å². The number of amides is 1. The van der Waals surface area contributed by atoms with Gasteiger partial charge in [0.05, 0.1) is 16.6 Å².